The highest BCUT2D eigenvalue weighted by Crippen LogP contribution is 2.07. The Hall–Kier alpha value is -1.40. The first-order valence-electron chi connectivity index (χ1n) is 5.97. The smallest absolute Gasteiger partial charge is 0.261 e. The topological polar surface area (TPSA) is 70.2 Å². The molecule has 1 heterocycles. The van der Waals surface area contributed by atoms with Crippen LogP contribution in [0.5, 0.6) is 0 Å². The maximum Gasteiger partial charge on any atom is 0.261 e. The molecule has 6 heteroatoms. The summed E-state index contributed by atoms with van der Waals surface area (Å²) in [6.45, 7) is 1.92. The number of carbonyl (C=O) groups excluding carboxylic acids is 2. The van der Waals surface area contributed by atoms with Gasteiger partial charge < -0.3 is 16.0 Å². The lowest BCUT2D eigenvalue weighted by Crippen LogP contribution is -2.31. The third kappa shape index (κ3) is 5.79. The maximum absolute atomic E-state index is 11.5. The Labute approximate surface area is 111 Å². The van der Waals surface area contributed by atoms with Crippen LogP contribution in [-0.4, -0.2) is 38.5 Å². The maximum atomic E-state index is 11.5. The number of thiophene rings is 1. The molecule has 1 aromatic heterocycles. The lowest BCUT2D eigenvalue weighted by atomic mass is 10.3. The number of rotatable bonds is 8. The Kier molecular flexibility index (Phi) is 7.05. The van der Waals surface area contributed by atoms with Crippen molar-refractivity contribution in [2.45, 2.75) is 12.8 Å². The van der Waals surface area contributed by atoms with Gasteiger partial charge in [-0.15, -0.1) is 11.3 Å². The van der Waals surface area contributed by atoms with E-state index < -0.39 is 0 Å². The molecule has 0 saturated heterocycles. The van der Waals surface area contributed by atoms with Crippen LogP contribution >= 0.6 is 11.3 Å². The number of hydrogen-bond acceptors (Lipinski definition) is 4. The number of nitrogens with one attached hydrogen (secondary N) is 3. The first-order chi connectivity index (χ1) is 8.74. The fourth-order valence-corrected chi connectivity index (χ4v) is 2.01. The van der Waals surface area contributed by atoms with Gasteiger partial charge in [-0.3, -0.25) is 9.59 Å². The molecule has 3 N–H and O–H groups in total. The van der Waals surface area contributed by atoms with Gasteiger partial charge in [0, 0.05) is 19.5 Å². The molecule has 5 nitrogen and oxygen atoms in total. The summed E-state index contributed by atoms with van der Waals surface area (Å²) in [7, 11) is 1.88. The van der Waals surface area contributed by atoms with E-state index in [-0.39, 0.29) is 11.8 Å². The van der Waals surface area contributed by atoms with Crippen LogP contribution in [0.25, 0.3) is 0 Å². The van der Waals surface area contributed by atoms with E-state index in [1.807, 2.05) is 18.5 Å². The van der Waals surface area contributed by atoms with Crippen molar-refractivity contribution in [3.8, 4) is 0 Å². The molecule has 0 atom stereocenters. The third-order valence-electron chi connectivity index (χ3n) is 2.31. The van der Waals surface area contributed by atoms with Crippen molar-refractivity contribution in [3.63, 3.8) is 0 Å². The molecule has 0 aliphatic rings. The van der Waals surface area contributed by atoms with Crippen molar-refractivity contribution < 1.29 is 9.59 Å². The Morgan fingerprint density at radius 3 is 2.72 bits per heavy atom. The molecule has 100 valence electrons. The second-order valence-electron chi connectivity index (χ2n) is 3.79. The van der Waals surface area contributed by atoms with E-state index in [2.05, 4.69) is 16.0 Å². The van der Waals surface area contributed by atoms with Gasteiger partial charge in [0.1, 0.15) is 0 Å². The molecular formula is C12H19N3O2S. The highest BCUT2D eigenvalue weighted by atomic mass is 32.1. The summed E-state index contributed by atoms with van der Waals surface area (Å²) in [5, 5.41) is 10.4. The molecule has 0 spiro atoms. The van der Waals surface area contributed by atoms with Crippen LogP contribution in [0, 0.1) is 0 Å². The van der Waals surface area contributed by atoms with E-state index in [9.17, 15) is 9.59 Å². The number of carbonyl (C=O) groups is 2. The average molecular weight is 269 g/mol. The molecule has 0 fully saturated rings. The van der Waals surface area contributed by atoms with Crippen molar-refractivity contribution in [2.24, 2.45) is 0 Å². The molecule has 0 radical (unpaired) electrons. The van der Waals surface area contributed by atoms with Gasteiger partial charge in [-0.25, -0.2) is 0 Å². The SMILES string of the molecule is CNCCCNC(=O)CCNC(=O)c1cccs1. The predicted molar refractivity (Wildman–Crippen MR) is 72.8 cm³/mol. The number of hydrogen-bond donors (Lipinski definition) is 3. The van der Waals surface area contributed by atoms with E-state index in [0.717, 1.165) is 13.0 Å². The minimum atomic E-state index is -0.118. The summed E-state index contributed by atoms with van der Waals surface area (Å²) in [5.74, 6) is -0.148. The van der Waals surface area contributed by atoms with E-state index in [1.165, 1.54) is 11.3 Å². The lowest BCUT2D eigenvalue weighted by Gasteiger charge is -2.05. The first-order valence-corrected chi connectivity index (χ1v) is 6.85. The summed E-state index contributed by atoms with van der Waals surface area (Å²) < 4.78 is 0. The van der Waals surface area contributed by atoms with Crippen molar-refractivity contribution in [3.05, 3.63) is 22.4 Å². The quantitative estimate of drug-likeness (QED) is 0.605. The molecule has 0 bridgehead atoms. The van der Waals surface area contributed by atoms with Crippen molar-refractivity contribution in [2.75, 3.05) is 26.7 Å². The molecule has 0 unspecified atom stereocenters. The summed E-state index contributed by atoms with van der Waals surface area (Å²) in [6.07, 6.45) is 1.22. The Bertz CT molecular complexity index is 365. The van der Waals surface area contributed by atoms with E-state index >= 15 is 0 Å². The molecule has 1 aromatic rings. The normalized spacial score (nSPS) is 10.1. The molecule has 1 rings (SSSR count). The highest BCUT2D eigenvalue weighted by molar-refractivity contribution is 7.12. The van der Waals surface area contributed by atoms with E-state index in [1.54, 1.807) is 6.07 Å². The minimum Gasteiger partial charge on any atom is -0.356 e. The van der Waals surface area contributed by atoms with Gasteiger partial charge in [0.15, 0.2) is 0 Å². The zero-order chi connectivity index (χ0) is 13.2. The van der Waals surface area contributed by atoms with Gasteiger partial charge in [0.2, 0.25) is 5.91 Å². The van der Waals surface area contributed by atoms with Crippen molar-refractivity contribution in [1.82, 2.24) is 16.0 Å². The molecular weight excluding hydrogens is 250 g/mol. The fraction of sp³-hybridized carbons (Fsp3) is 0.500. The Balaban J connectivity index is 2.07. The van der Waals surface area contributed by atoms with Gasteiger partial charge in [-0.1, -0.05) is 6.07 Å². The summed E-state index contributed by atoms with van der Waals surface area (Å²) in [5.41, 5.74) is 0. The monoisotopic (exact) mass is 269 g/mol. The van der Waals surface area contributed by atoms with Gasteiger partial charge in [-0.05, 0) is 31.5 Å². The van der Waals surface area contributed by atoms with Crippen molar-refractivity contribution in [1.29, 1.82) is 0 Å². The molecule has 0 aliphatic carbocycles. The minimum absolute atomic E-state index is 0.0300. The second-order valence-corrected chi connectivity index (χ2v) is 4.74. The van der Waals surface area contributed by atoms with Crippen LogP contribution in [0.4, 0.5) is 0 Å². The highest BCUT2D eigenvalue weighted by Gasteiger charge is 2.06. The van der Waals surface area contributed by atoms with Crippen LogP contribution in [0.1, 0.15) is 22.5 Å². The predicted octanol–water partition coefficient (Wildman–Crippen LogP) is 0.594. The van der Waals surface area contributed by atoms with Crippen LogP contribution in [0.3, 0.4) is 0 Å². The van der Waals surface area contributed by atoms with Gasteiger partial charge in [0.05, 0.1) is 4.88 Å². The number of amides is 2. The van der Waals surface area contributed by atoms with E-state index in [4.69, 9.17) is 0 Å². The van der Waals surface area contributed by atoms with Crippen LogP contribution < -0.4 is 16.0 Å². The lowest BCUT2D eigenvalue weighted by molar-refractivity contribution is -0.120. The molecule has 0 aliphatic heterocycles. The summed E-state index contributed by atoms with van der Waals surface area (Å²) in [4.78, 5) is 23.6. The van der Waals surface area contributed by atoms with Crippen LogP contribution in [0.2, 0.25) is 0 Å². The van der Waals surface area contributed by atoms with Gasteiger partial charge in [-0.2, -0.15) is 0 Å². The third-order valence-corrected chi connectivity index (χ3v) is 3.18. The second kappa shape index (κ2) is 8.66. The van der Waals surface area contributed by atoms with Crippen LogP contribution in [0.15, 0.2) is 17.5 Å². The fourth-order valence-electron chi connectivity index (χ4n) is 1.37. The zero-order valence-electron chi connectivity index (χ0n) is 10.5. The Morgan fingerprint density at radius 2 is 2.06 bits per heavy atom. The summed E-state index contributed by atoms with van der Waals surface area (Å²) in [6, 6.07) is 3.59. The summed E-state index contributed by atoms with van der Waals surface area (Å²) >= 11 is 1.39. The zero-order valence-corrected chi connectivity index (χ0v) is 11.3. The first kappa shape index (κ1) is 14.7. The van der Waals surface area contributed by atoms with E-state index in [0.29, 0.717) is 24.4 Å². The molecule has 18 heavy (non-hydrogen) atoms. The molecule has 0 aromatic carbocycles. The Morgan fingerprint density at radius 1 is 1.22 bits per heavy atom. The van der Waals surface area contributed by atoms with Crippen molar-refractivity contribution >= 4 is 23.2 Å². The van der Waals surface area contributed by atoms with Gasteiger partial charge in [0.25, 0.3) is 5.91 Å². The molecule has 0 saturated carbocycles. The van der Waals surface area contributed by atoms with Crippen LogP contribution in [-0.2, 0) is 4.79 Å². The largest absolute Gasteiger partial charge is 0.356 e. The standard InChI is InChI=1S/C12H19N3O2S/c1-13-6-3-7-14-11(16)5-8-15-12(17)10-4-2-9-18-10/h2,4,9,13H,3,5-8H2,1H3,(H,14,16)(H,15,17). The average Bonchev–Trinajstić information content (AvgIpc) is 2.88. The van der Waals surface area contributed by atoms with Gasteiger partial charge >= 0.3 is 0 Å². The molecule has 2 amide bonds.